The van der Waals surface area contributed by atoms with E-state index >= 15 is 0 Å². The lowest BCUT2D eigenvalue weighted by atomic mass is 9.97. The van der Waals surface area contributed by atoms with Crippen LogP contribution in [0.4, 0.5) is 35.1 Å². The van der Waals surface area contributed by atoms with Crippen LogP contribution in [0.1, 0.15) is 57.6 Å². The van der Waals surface area contributed by atoms with Gasteiger partial charge in [0.25, 0.3) is 0 Å². The number of rotatable bonds is 14. The predicted octanol–water partition coefficient (Wildman–Crippen LogP) is 14.0. The SMILES string of the molecule is CCOC(=O)CCC(C)(C#N)N=NC(C)(C#N)CCC(=O)OCC(F)(F)S(=O)(=O)[O-].O=c1c2ccccc2[s+](-c2ccccc2)c2ccc(C(F)(F)F)cc12.O=c1c2ccccc2[s+](-c2ccccc2)c2ccc(C(F)(F)F)cc12. The van der Waals surface area contributed by atoms with Crippen LogP contribution < -0.4 is 10.9 Å². The summed E-state index contributed by atoms with van der Waals surface area (Å²) in [5.74, 6) is -1.84. The predicted molar refractivity (Wildman–Crippen MR) is 287 cm³/mol. The van der Waals surface area contributed by atoms with Crippen LogP contribution in [-0.2, 0) is 41.5 Å². The summed E-state index contributed by atoms with van der Waals surface area (Å²) in [6, 6.07) is 44.0. The van der Waals surface area contributed by atoms with E-state index in [1.807, 2.05) is 91.0 Å². The van der Waals surface area contributed by atoms with Gasteiger partial charge in [0.15, 0.2) is 56.4 Å². The first-order chi connectivity index (χ1) is 37.6. The number of fused-ring (bicyclic) bond motifs is 4. The minimum Gasteiger partial charge on any atom is -0.743 e. The Labute approximate surface area is 456 Å². The molecule has 0 aliphatic heterocycles. The lowest BCUT2D eigenvalue weighted by molar-refractivity contribution is -0.150. The fourth-order valence-electron chi connectivity index (χ4n) is 7.65. The number of carbonyl (C=O) groups is 2. The number of ether oxygens (including phenoxy) is 2. The van der Waals surface area contributed by atoms with Crippen molar-refractivity contribution in [3.05, 3.63) is 177 Å². The van der Waals surface area contributed by atoms with Crippen molar-refractivity contribution in [3.8, 4) is 21.9 Å². The summed E-state index contributed by atoms with van der Waals surface area (Å²) in [5, 5.41) is 22.5. The average molecular weight is 1170 g/mol. The molecule has 2 aromatic heterocycles. The molecule has 4 atom stereocenters. The van der Waals surface area contributed by atoms with Crippen LogP contribution in [0, 0.1) is 22.7 Å². The molecule has 13 nitrogen and oxygen atoms in total. The van der Waals surface area contributed by atoms with Gasteiger partial charge in [-0.2, -0.15) is 55.9 Å². The minimum atomic E-state index is -6.00. The van der Waals surface area contributed by atoms with Crippen molar-refractivity contribution in [3.63, 3.8) is 0 Å². The molecule has 416 valence electrons. The molecule has 0 saturated heterocycles. The topological polar surface area (TPSA) is 216 Å². The highest BCUT2D eigenvalue weighted by molar-refractivity contribution is 7.86. The van der Waals surface area contributed by atoms with E-state index in [2.05, 4.69) is 15.0 Å². The Bertz CT molecular complexity index is 3770. The standard InChI is InChI=1S/2C20H12F3OS.C16H22F2N4O7S/c2*21-20(22,23)13-10-11-18-16(12-13)19(24)15-8-4-5-9-17(15)25(18)14-6-2-1-3-7-14;1-4-28-12(23)5-7-14(2,9-19)21-22-15(3,10-20)8-6-13(24)29-11-16(17,18)30(25,26)27/h2*1-12H;4-8,11H2,1-3H3,(H,25,26,27)/q2*+1;/p-1. The van der Waals surface area contributed by atoms with Gasteiger partial charge < -0.3 is 14.0 Å². The number of nitrogens with zero attached hydrogens (tertiary/aromatic N) is 4. The molecule has 0 saturated carbocycles. The highest BCUT2D eigenvalue weighted by Gasteiger charge is 2.40. The molecule has 6 aromatic carbocycles. The van der Waals surface area contributed by atoms with Crippen molar-refractivity contribution < 1.29 is 67.2 Å². The van der Waals surface area contributed by atoms with Gasteiger partial charge in [-0.25, -0.2) is 8.42 Å². The second kappa shape index (κ2) is 25.0. The van der Waals surface area contributed by atoms with Crippen molar-refractivity contribution in [2.24, 2.45) is 10.2 Å². The quantitative estimate of drug-likeness (QED) is 0.0249. The van der Waals surface area contributed by atoms with Crippen molar-refractivity contribution >= 4 is 83.3 Å². The molecule has 4 unspecified atom stereocenters. The van der Waals surface area contributed by atoms with Crippen molar-refractivity contribution in [2.45, 2.75) is 75.1 Å². The van der Waals surface area contributed by atoms with Gasteiger partial charge in [-0.05, 0) is 119 Å². The monoisotopic (exact) mass is 1170 g/mol. The number of carbonyl (C=O) groups excluding carboxylic acids is 2. The maximum absolute atomic E-state index is 13.1. The average Bonchev–Trinajstić information content (AvgIpc) is 3.48. The molecule has 0 aliphatic rings. The summed E-state index contributed by atoms with van der Waals surface area (Å²) < 4.78 is 147. The number of esters is 2. The number of azo groups is 1. The summed E-state index contributed by atoms with van der Waals surface area (Å²) in [4.78, 5) is 50.5. The van der Waals surface area contributed by atoms with Gasteiger partial charge in [0.1, 0.15) is 0 Å². The van der Waals surface area contributed by atoms with Gasteiger partial charge >= 0.3 is 29.5 Å². The smallest absolute Gasteiger partial charge is 0.416 e. The Hall–Kier alpha value is -8.03. The second-order valence-electron chi connectivity index (χ2n) is 17.8. The van der Waals surface area contributed by atoms with Crippen LogP contribution in [-0.4, -0.2) is 54.5 Å². The van der Waals surface area contributed by atoms with E-state index in [-0.39, 0.29) is 47.5 Å². The molecule has 0 amide bonds. The molecular weight excluding hydrogens is 1120 g/mol. The Kier molecular flexibility index (Phi) is 19.1. The molecule has 24 heteroatoms. The minimum absolute atomic E-state index is 0.0475. The van der Waals surface area contributed by atoms with E-state index in [9.17, 15) is 77.8 Å². The third-order valence-corrected chi connectivity index (χ3v) is 17.4. The van der Waals surface area contributed by atoms with E-state index in [0.29, 0.717) is 20.2 Å². The third-order valence-electron chi connectivity index (χ3n) is 11.9. The van der Waals surface area contributed by atoms with Gasteiger partial charge in [0.2, 0.25) is 10.9 Å². The summed E-state index contributed by atoms with van der Waals surface area (Å²) in [5.41, 5.74) is -5.40. The van der Waals surface area contributed by atoms with Crippen LogP contribution >= 0.6 is 20.9 Å². The van der Waals surface area contributed by atoms with E-state index < -0.39 is 95.8 Å². The normalized spacial score (nSPS) is 13.9. The number of benzene rings is 6. The first kappa shape index (κ1) is 61.2. The van der Waals surface area contributed by atoms with E-state index in [0.717, 1.165) is 43.5 Å². The molecule has 0 N–H and O–H groups in total. The molecule has 8 aromatic rings. The van der Waals surface area contributed by atoms with Gasteiger partial charge in [-0.15, -0.1) is 0 Å². The Morgan fingerprint density at radius 2 is 0.900 bits per heavy atom. The molecule has 0 bridgehead atoms. The highest BCUT2D eigenvalue weighted by Crippen LogP contribution is 2.46. The number of hydrogen-bond donors (Lipinski definition) is 0. The fraction of sp³-hybridized carbons (Fsp3) is 0.250. The maximum atomic E-state index is 13.1. The number of nitriles is 2. The number of halogens is 8. The summed E-state index contributed by atoms with van der Waals surface area (Å²) >= 11 is 0. The Balaban J connectivity index is 0.000000194. The summed E-state index contributed by atoms with van der Waals surface area (Å²) in [6.07, 6.45) is -10.1. The van der Waals surface area contributed by atoms with Gasteiger partial charge in [-0.1, -0.05) is 60.7 Å². The molecule has 80 heavy (non-hydrogen) atoms. The van der Waals surface area contributed by atoms with Crippen LogP contribution in [0.5, 0.6) is 0 Å². The van der Waals surface area contributed by atoms with Crippen molar-refractivity contribution in [1.29, 1.82) is 10.5 Å². The van der Waals surface area contributed by atoms with Crippen LogP contribution in [0.25, 0.3) is 50.1 Å². The van der Waals surface area contributed by atoms with E-state index in [4.69, 9.17) is 4.74 Å². The lowest BCUT2D eigenvalue weighted by Crippen LogP contribution is -2.35. The van der Waals surface area contributed by atoms with Crippen molar-refractivity contribution in [1.82, 2.24) is 0 Å². The third kappa shape index (κ3) is 14.6. The zero-order valence-corrected chi connectivity index (χ0v) is 44.8. The largest absolute Gasteiger partial charge is 0.743 e. The van der Waals surface area contributed by atoms with Gasteiger partial charge in [-0.3, -0.25) is 19.2 Å². The molecular formula is C56H45F8N4O9S3+. The number of alkyl halides is 8. The molecule has 2 heterocycles. The van der Waals surface area contributed by atoms with Crippen molar-refractivity contribution in [2.75, 3.05) is 13.2 Å². The fourth-order valence-corrected chi connectivity index (χ4v) is 12.5. The molecule has 0 radical (unpaired) electrons. The molecule has 0 fully saturated rings. The molecule has 8 rings (SSSR count). The molecule has 0 spiro atoms. The lowest BCUT2D eigenvalue weighted by Gasteiger charge is -2.20. The zero-order chi connectivity index (χ0) is 58.8. The summed E-state index contributed by atoms with van der Waals surface area (Å²) in [7, 11) is -7.20. The van der Waals surface area contributed by atoms with E-state index in [1.165, 1.54) is 26.0 Å². The van der Waals surface area contributed by atoms with E-state index in [1.54, 1.807) is 37.3 Å². The van der Waals surface area contributed by atoms with Crippen LogP contribution in [0.15, 0.2) is 165 Å². The second-order valence-corrected chi connectivity index (χ2v) is 23.3. The summed E-state index contributed by atoms with van der Waals surface area (Å²) in [6.45, 7) is 2.45. The molecule has 0 aliphatic carbocycles. The van der Waals surface area contributed by atoms with Crippen LogP contribution in [0.2, 0.25) is 0 Å². The van der Waals surface area contributed by atoms with Crippen LogP contribution in [0.3, 0.4) is 0 Å². The Morgan fingerprint density at radius 3 is 1.25 bits per heavy atom. The zero-order valence-electron chi connectivity index (χ0n) is 42.3. The maximum Gasteiger partial charge on any atom is 0.416 e. The first-order valence-corrected chi connectivity index (χ1v) is 27.6. The Morgan fingerprint density at radius 1 is 0.550 bits per heavy atom. The highest BCUT2D eigenvalue weighted by atomic mass is 32.2. The van der Waals surface area contributed by atoms with Gasteiger partial charge in [0.05, 0.1) is 51.4 Å². The first-order valence-electron chi connectivity index (χ1n) is 23.8. The number of hydrogen-bond acceptors (Lipinski definition) is 13. The van der Waals surface area contributed by atoms with Gasteiger partial charge in [0, 0.05) is 33.8 Å².